The molecule has 13 heteroatoms. The third-order valence-corrected chi connectivity index (χ3v) is 18.9. The van der Waals surface area contributed by atoms with Gasteiger partial charge in [-0.2, -0.15) is 0 Å². The molecular formula is C16H2Br6S6Zn. The number of rotatable bonds is 0. The first-order valence-corrected chi connectivity index (χ1v) is 17.0. The maximum absolute atomic E-state index is 3.61. The van der Waals surface area contributed by atoms with E-state index in [4.69, 9.17) is 0 Å². The van der Waals surface area contributed by atoms with Crippen molar-refractivity contribution in [3.63, 3.8) is 0 Å². The third kappa shape index (κ3) is 4.31. The molecule has 6 rings (SSSR count). The van der Waals surface area contributed by atoms with Crippen LogP contribution in [0.25, 0.3) is 37.6 Å². The third-order valence-electron chi connectivity index (χ3n) is 3.77. The van der Waals surface area contributed by atoms with E-state index < -0.39 is 0 Å². The molecule has 6 aromatic heterocycles. The van der Waals surface area contributed by atoms with Gasteiger partial charge in [0.2, 0.25) is 0 Å². The Balaban J connectivity index is 0.000000138. The molecule has 0 radical (unpaired) electrons. The van der Waals surface area contributed by atoms with Crippen molar-refractivity contribution in [2.24, 2.45) is 0 Å². The molecule has 6 heterocycles. The minimum absolute atomic E-state index is 0. The van der Waals surface area contributed by atoms with Crippen molar-refractivity contribution in [2.45, 2.75) is 0 Å². The van der Waals surface area contributed by atoms with Crippen LogP contribution in [0.1, 0.15) is 0 Å². The van der Waals surface area contributed by atoms with E-state index in [2.05, 4.69) is 106 Å². The normalized spacial score (nSPS) is 11.5. The molecule has 0 nitrogen and oxygen atoms in total. The van der Waals surface area contributed by atoms with Gasteiger partial charge in [-0.3, -0.25) is 0 Å². The molecule has 29 heavy (non-hydrogen) atoms. The van der Waals surface area contributed by atoms with Gasteiger partial charge in [-0.15, -0.1) is 68.0 Å². The Hall–Kier alpha value is 2.74. The van der Waals surface area contributed by atoms with Crippen molar-refractivity contribution < 1.29 is 19.5 Å². The molecular weight excluding hydrogens is 929 g/mol. The predicted molar refractivity (Wildman–Crippen MR) is 156 cm³/mol. The van der Waals surface area contributed by atoms with E-state index >= 15 is 0 Å². The molecule has 0 amide bonds. The molecule has 6 aromatic rings. The van der Waals surface area contributed by atoms with Crippen molar-refractivity contribution in [2.75, 3.05) is 0 Å². The summed E-state index contributed by atoms with van der Waals surface area (Å²) in [4.78, 5) is 0. The molecule has 0 aliphatic rings. The second kappa shape index (κ2) is 9.78. The Labute approximate surface area is 252 Å². The minimum atomic E-state index is 0. The van der Waals surface area contributed by atoms with Gasteiger partial charge in [0.05, 0.1) is 54.1 Å². The van der Waals surface area contributed by atoms with E-state index in [9.17, 15) is 0 Å². The second-order valence-electron chi connectivity index (χ2n) is 5.38. The van der Waals surface area contributed by atoms with Crippen molar-refractivity contribution in [1.29, 1.82) is 0 Å². The molecule has 0 saturated carbocycles. The van der Waals surface area contributed by atoms with Gasteiger partial charge in [-0.05, 0) is 95.6 Å². The van der Waals surface area contributed by atoms with Crippen LogP contribution in [0.3, 0.4) is 0 Å². The summed E-state index contributed by atoms with van der Waals surface area (Å²) in [6, 6.07) is 0. The average molecular weight is 931 g/mol. The molecule has 0 bridgehead atoms. The van der Waals surface area contributed by atoms with Gasteiger partial charge in [-0.25, -0.2) is 0 Å². The van der Waals surface area contributed by atoms with Crippen LogP contribution in [0.4, 0.5) is 0 Å². The topological polar surface area (TPSA) is 0 Å². The maximum Gasteiger partial charge on any atom is 0.0862 e. The fourth-order valence-electron chi connectivity index (χ4n) is 2.58. The van der Waals surface area contributed by atoms with Gasteiger partial charge in [0.15, 0.2) is 0 Å². The fourth-order valence-corrected chi connectivity index (χ4v) is 14.6. The Morgan fingerprint density at radius 2 is 0.828 bits per heavy atom. The molecule has 0 N–H and O–H groups in total. The fraction of sp³-hybridized carbons (Fsp3) is 0. The summed E-state index contributed by atoms with van der Waals surface area (Å²) in [5, 5.41) is 4.32. The first-order chi connectivity index (χ1) is 13.4. The van der Waals surface area contributed by atoms with Crippen LogP contribution in [0.5, 0.6) is 0 Å². The van der Waals surface area contributed by atoms with Gasteiger partial charge in [0.25, 0.3) is 0 Å². The number of halogens is 6. The molecule has 0 unspecified atom stereocenters. The first-order valence-electron chi connectivity index (χ1n) is 7.22. The van der Waals surface area contributed by atoms with Gasteiger partial charge in [0.1, 0.15) is 0 Å². The number of hydrogen-bond acceptors (Lipinski definition) is 6. The van der Waals surface area contributed by atoms with E-state index in [0.29, 0.717) is 0 Å². The molecule has 0 spiro atoms. The van der Waals surface area contributed by atoms with Crippen molar-refractivity contribution in [3.8, 4) is 0 Å². The summed E-state index contributed by atoms with van der Waals surface area (Å²) in [6.45, 7) is 0. The van der Waals surface area contributed by atoms with Gasteiger partial charge in [-0.1, -0.05) is 0 Å². The van der Waals surface area contributed by atoms with Gasteiger partial charge >= 0.3 is 0 Å². The molecule has 146 valence electrons. The molecule has 0 aliphatic heterocycles. The summed E-state index contributed by atoms with van der Waals surface area (Å²) >= 11 is 32.3. The molecule has 0 fully saturated rings. The van der Waals surface area contributed by atoms with E-state index in [-0.39, 0.29) is 19.5 Å². The zero-order chi connectivity index (χ0) is 19.7. The summed E-state index contributed by atoms with van der Waals surface area (Å²) in [7, 11) is 0. The minimum Gasteiger partial charge on any atom is -0.140 e. The quantitative estimate of drug-likeness (QED) is 0.133. The van der Waals surface area contributed by atoms with Gasteiger partial charge < -0.3 is 0 Å². The van der Waals surface area contributed by atoms with Crippen LogP contribution in [0.2, 0.25) is 0 Å². The monoisotopic (exact) mass is 923 g/mol. The van der Waals surface area contributed by atoms with Crippen molar-refractivity contribution in [3.05, 3.63) is 36.2 Å². The number of hydrogen-bond donors (Lipinski definition) is 0. The van der Waals surface area contributed by atoms with E-state index in [1.807, 2.05) is 45.3 Å². The smallest absolute Gasteiger partial charge is 0.0862 e. The molecule has 0 aliphatic carbocycles. The largest absolute Gasteiger partial charge is 0.140 e. The van der Waals surface area contributed by atoms with E-state index in [1.165, 1.54) is 63.1 Å². The van der Waals surface area contributed by atoms with Crippen molar-refractivity contribution >= 4 is 201 Å². The van der Waals surface area contributed by atoms with Crippen LogP contribution in [-0.2, 0) is 19.5 Å². The SMILES string of the molecule is Brc1csc2c1sc1c(Br)csc12.Brc1sc2c(sc3c(Br)c(Br)sc32)c1Br.[Zn]. The zero-order valence-corrected chi connectivity index (χ0v) is 31.0. The van der Waals surface area contributed by atoms with Crippen LogP contribution in [0.15, 0.2) is 36.2 Å². The maximum atomic E-state index is 3.61. The molecule has 0 aromatic carbocycles. The van der Waals surface area contributed by atoms with Crippen LogP contribution in [-0.4, -0.2) is 0 Å². The summed E-state index contributed by atoms with van der Waals surface area (Å²) < 4.78 is 18.2. The first kappa shape index (κ1) is 24.9. The van der Waals surface area contributed by atoms with Crippen LogP contribution >= 0.6 is 164 Å². The van der Waals surface area contributed by atoms with E-state index in [0.717, 1.165) is 0 Å². The summed E-state index contributed by atoms with van der Waals surface area (Å²) in [5.74, 6) is 0. The Bertz CT molecular complexity index is 1390. The number of fused-ring (bicyclic) bond motifs is 6. The van der Waals surface area contributed by atoms with Crippen LogP contribution in [0, 0.1) is 0 Å². The Kier molecular flexibility index (Phi) is 8.38. The van der Waals surface area contributed by atoms with Gasteiger partial charge in [0, 0.05) is 39.2 Å². The Morgan fingerprint density at radius 3 is 1.24 bits per heavy atom. The molecule has 0 atom stereocenters. The predicted octanol–water partition coefficient (Wildman–Crippen LogP) is 12.9. The Morgan fingerprint density at radius 1 is 0.448 bits per heavy atom. The van der Waals surface area contributed by atoms with E-state index in [1.54, 1.807) is 22.7 Å². The standard InChI is InChI=1S/C8Br4S3.C8H2Br2S3.Zn/c9-1-3-5(14-7(1)11)6-4(13-3)2(10)8(12)15-6;9-3-1-11-7-5(3)13-6-4(10)2-12-8(6)7;/h;1-2H;. The zero-order valence-electron chi connectivity index (χ0n) is 13.6. The van der Waals surface area contributed by atoms with Crippen molar-refractivity contribution in [1.82, 2.24) is 0 Å². The van der Waals surface area contributed by atoms with Crippen LogP contribution < -0.4 is 0 Å². The second-order valence-corrected chi connectivity index (χ2v) is 17.2. The molecule has 0 saturated heterocycles. The average Bonchev–Trinajstić information content (AvgIpc) is 3.45. The summed E-state index contributed by atoms with van der Waals surface area (Å²) in [6.07, 6.45) is 0. The number of thiophene rings is 6. The summed E-state index contributed by atoms with van der Waals surface area (Å²) in [5.41, 5.74) is 0.